The van der Waals surface area contributed by atoms with E-state index in [1.807, 2.05) is 0 Å². The SMILES string of the molecule is Cc1cc(O)cc(=O)n1CCCC(=O)N1CCCC[C@H]1c1[nH]ncc1-c1ccc(C(F)(F)F)cc1. The number of alkyl halides is 3. The van der Waals surface area contributed by atoms with Crippen molar-refractivity contribution in [2.75, 3.05) is 6.54 Å². The molecule has 1 saturated heterocycles. The van der Waals surface area contributed by atoms with Crippen LogP contribution in [-0.4, -0.2) is 37.2 Å². The van der Waals surface area contributed by atoms with E-state index in [0.717, 1.165) is 37.5 Å². The average Bonchev–Trinajstić information content (AvgIpc) is 3.30. The molecule has 1 aromatic carbocycles. The Morgan fingerprint density at radius 3 is 2.63 bits per heavy atom. The van der Waals surface area contributed by atoms with E-state index in [4.69, 9.17) is 0 Å². The summed E-state index contributed by atoms with van der Waals surface area (Å²) >= 11 is 0. The molecule has 0 radical (unpaired) electrons. The molecule has 0 bridgehead atoms. The van der Waals surface area contributed by atoms with Gasteiger partial charge >= 0.3 is 6.18 Å². The molecule has 1 amide bonds. The van der Waals surface area contributed by atoms with Gasteiger partial charge in [0.15, 0.2) is 0 Å². The predicted molar refractivity (Wildman–Crippen MR) is 124 cm³/mol. The third kappa shape index (κ3) is 5.41. The Bertz CT molecular complexity index is 1250. The highest BCUT2D eigenvalue weighted by Gasteiger charge is 2.32. The molecule has 3 heterocycles. The first-order chi connectivity index (χ1) is 16.6. The van der Waals surface area contributed by atoms with Crippen LogP contribution in [0.25, 0.3) is 11.1 Å². The molecule has 10 heteroatoms. The van der Waals surface area contributed by atoms with Crippen molar-refractivity contribution in [3.63, 3.8) is 0 Å². The number of piperidine rings is 1. The number of aromatic nitrogens is 3. The highest BCUT2D eigenvalue weighted by molar-refractivity contribution is 5.77. The van der Waals surface area contributed by atoms with E-state index < -0.39 is 11.7 Å². The summed E-state index contributed by atoms with van der Waals surface area (Å²) in [6.45, 7) is 2.66. The van der Waals surface area contributed by atoms with Gasteiger partial charge < -0.3 is 14.6 Å². The lowest BCUT2D eigenvalue weighted by atomic mass is 9.94. The monoisotopic (exact) mass is 488 g/mol. The van der Waals surface area contributed by atoms with Crippen molar-refractivity contribution in [2.45, 2.75) is 57.8 Å². The van der Waals surface area contributed by atoms with Crippen LogP contribution in [0.15, 0.2) is 47.4 Å². The molecule has 35 heavy (non-hydrogen) atoms. The summed E-state index contributed by atoms with van der Waals surface area (Å²) in [5.74, 6) is -0.133. The zero-order valence-corrected chi connectivity index (χ0v) is 19.3. The largest absolute Gasteiger partial charge is 0.508 e. The number of hydrogen-bond acceptors (Lipinski definition) is 4. The Balaban J connectivity index is 1.48. The van der Waals surface area contributed by atoms with Crippen molar-refractivity contribution in [2.24, 2.45) is 0 Å². The number of aromatic hydroxyl groups is 1. The number of aromatic amines is 1. The maximum Gasteiger partial charge on any atom is 0.416 e. The van der Waals surface area contributed by atoms with Crippen LogP contribution < -0.4 is 5.56 Å². The highest BCUT2D eigenvalue weighted by Crippen LogP contribution is 2.37. The number of carbonyl (C=O) groups excluding carboxylic acids is 1. The van der Waals surface area contributed by atoms with Crippen molar-refractivity contribution in [1.82, 2.24) is 19.7 Å². The van der Waals surface area contributed by atoms with E-state index in [0.29, 0.717) is 42.0 Å². The molecule has 2 N–H and O–H groups in total. The summed E-state index contributed by atoms with van der Waals surface area (Å²) < 4.78 is 40.4. The van der Waals surface area contributed by atoms with Crippen molar-refractivity contribution in [3.8, 4) is 16.9 Å². The van der Waals surface area contributed by atoms with E-state index in [-0.39, 0.29) is 29.7 Å². The zero-order chi connectivity index (χ0) is 25.2. The van der Waals surface area contributed by atoms with Gasteiger partial charge in [-0.25, -0.2) is 0 Å². The number of halogens is 3. The molecular formula is C25H27F3N4O3. The molecule has 1 aliphatic rings. The van der Waals surface area contributed by atoms with Gasteiger partial charge in [-0.05, 0) is 56.4 Å². The Hall–Kier alpha value is -3.56. The number of benzene rings is 1. The number of carbonyl (C=O) groups is 1. The number of rotatable bonds is 6. The lowest BCUT2D eigenvalue weighted by Crippen LogP contribution is -2.39. The topological polar surface area (TPSA) is 91.2 Å². The van der Waals surface area contributed by atoms with Gasteiger partial charge in [-0.2, -0.15) is 18.3 Å². The standard InChI is InChI=1S/C25H27F3N4O3/c1-16-13-19(33)14-23(35)31(16)12-4-6-22(34)32-11-3-2-5-21(32)24-20(15-29-30-24)17-7-9-18(10-8-17)25(26,27)28/h7-10,13-15,21,33H,2-6,11-12H2,1H3,(H,29,30)/t21-/m0/s1. The molecule has 3 aromatic rings. The van der Waals surface area contributed by atoms with Gasteiger partial charge in [0.25, 0.3) is 5.56 Å². The van der Waals surface area contributed by atoms with Crippen molar-refractivity contribution in [3.05, 3.63) is 69.9 Å². The average molecular weight is 489 g/mol. The minimum Gasteiger partial charge on any atom is -0.508 e. The zero-order valence-electron chi connectivity index (χ0n) is 19.3. The molecule has 0 spiro atoms. The highest BCUT2D eigenvalue weighted by atomic mass is 19.4. The van der Waals surface area contributed by atoms with E-state index >= 15 is 0 Å². The van der Waals surface area contributed by atoms with E-state index in [1.54, 1.807) is 18.0 Å². The van der Waals surface area contributed by atoms with Gasteiger partial charge in [-0.15, -0.1) is 0 Å². The number of nitrogens with one attached hydrogen (secondary N) is 1. The molecule has 0 unspecified atom stereocenters. The van der Waals surface area contributed by atoms with Crippen LogP contribution in [0.1, 0.15) is 55.1 Å². The fourth-order valence-electron chi connectivity index (χ4n) is 4.68. The second-order valence-electron chi connectivity index (χ2n) is 8.82. The first kappa shape index (κ1) is 24.6. The third-order valence-electron chi connectivity index (χ3n) is 6.44. The summed E-state index contributed by atoms with van der Waals surface area (Å²) in [6.07, 6.45) is 0.376. The predicted octanol–water partition coefficient (Wildman–Crippen LogP) is 4.81. The minimum absolute atomic E-state index is 0.0489. The first-order valence-electron chi connectivity index (χ1n) is 11.6. The molecule has 0 saturated carbocycles. The molecule has 7 nitrogen and oxygen atoms in total. The maximum absolute atomic E-state index is 13.2. The van der Waals surface area contributed by atoms with Crippen molar-refractivity contribution < 1.29 is 23.1 Å². The van der Waals surface area contributed by atoms with Crippen LogP contribution in [-0.2, 0) is 17.5 Å². The third-order valence-corrected chi connectivity index (χ3v) is 6.44. The molecule has 186 valence electrons. The molecule has 1 fully saturated rings. The molecule has 1 aliphatic heterocycles. The smallest absolute Gasteiger partial charge is 0.416 e. The quantitative estimate of drug-likeness (QED) is 0.521. The normalized spacial score (nSPS) is 16.5. The Kier molecular flexibility index (Phi) is 7.00. The van der Waals surface area contributed by atoms with Crippen molar-refractivity contribution >= 4 is 5.91 Å². The van der Waals surface area contributed by atoms with E-state index in [1.165, 1.54) is 22.8 Å². The maximum atomic E-state index is 13.2. The summed E-state index contributed by atoms with van der Waals surface area (Å²) in [4.78, 5) is 27.1. The van der Waals surface area contributed by atoms with E-state index in [2.05, 4.69) is 10.2 Å². The number of aryl methyl sites for hydroxylation is 1. The summed E-state index contributed by atoms with van der Waals surface area (Å²) in [7, 11) is 0. The van der Waals surface area contributed by atoms with Gasteiger partial charge in [-0.3, -0.25) is 14.7 Å². The molecule has 1 atom stereocenters. The Labute approximate surface area is 200 Å². The van der Waals surface area contributed by atoms with Crippen LogP contribution in [0, 0.1) is 6.92 Å². The molecule has 0 aliphatic carbocycles. The molecular weight excluding hydrogens is 461 g/mol. The number of nitrogens with zero attached hydrogens (tertiary/aromatic N) is 3. The molecule has 2 aromatic heterocycles. The lowest BCUT2D eigenvalue weighted by Gasteiger charge is -2.36. The number of amides is 1. The minimum atomic E-state index is -4.41. The number of H-pyrrole nitrogens is 1. The van der Waals surface area contributed by atoms with E-state index in [9.17, 15) is 27.9 Å². The first-order valence-corrected chi connectivity index (χ1v) is 11.6. The molecule has 4 rings (SSSR count). The van der Waals surface area contributed by atoms with Gasteiger partial charge in [0.1, 0.15) is 5.75 Å². The number of hydrogen-bond donors (Lipinski definition) is 2. The van der Waals surface area contributed by atoms with Gasteiger partial charge in [0.2, 0.25) is 5.91 Å². The Morgan fingerprint density at radius 1 is 1.20 bits per heavy atom. The second-order valence-corrected chi connectivity index (χ2v) is 8.82. The summed E-state index contributed by atoms with van der Waals surface area (Å²) in [5.41, 5.74) is 1.57. The van der Waals surface area contributed by atoms with Gasteiger partial charge in [0, 0.05) is 36.8 Å². The summed E-state index contributed by atoms with van der Waals surface area (Å²) in [6, 6.07) is 7.33. The summed E-state index contributed by atoms with van der Waals surface area (Å²) in [5, 5.41) is 16.6. The number of likely N-dealkylation sites (tertiary alicyclic amines) is 1. The van der Waals surface area contributed by atoms with Crippen LogP contribution in [0.4, 0.5) is 13.2 Å². The van der Waals surface area contributed by atoms with Gasteiger partial charge in [-0.1, -0.05) is 12.1 Å². The fraction of sp³-hybridized carbons (Fsp3) is 0.400. The number of pyridine rings is 1. The van der Waals surface area contributed by atoms with Gasteiger partial charge in [0.05, 0.1) is 23.5 Å². The van der Waals surface area contributed by atoms with Crippen LogP contribution in [0.5, 0.6) is 5.75 Å². The van der Waals surface area contributed by atoms with Crippen LogP contribution in [0.3, 0.4) is 0 Å². The van der Waals surface area contributed by atoms with Crippen molar-refractivity contribution in [1.29, 1.82) is 0 Å². The second kappa shape index (κ2) is 9.97. The lowest BCUT2D eigenvalue weighted by molar-refractivity contribution is -0.137. The Morgan fingerprint density at radius 2 is 1.94 bits per heavy atom. The van der Waals surface area contributed by atoms with Crippen LogP contribution >= 0.6 is 0 Å². The fourth-order valence-corrected chi connectivity index (χ4v) is 4.68. The van der Waals surface area contributed by atoms with Crippen LogP contribution in [0.2, 0.25) is 0 Å².